The lowest BCUT2D eigenvalue weighted by Gasteiger charge is -2.33. The van der Waals surface area contributed by atoms with E-state index in [1.54, 1.807) is 17.2 Å². The normalized spacial score (nSPS) is 16.2. The van der Waals surface area contributed by atoms with Gasteiger partial charge in [0, 0.05) is 47.6 Å². The number of benzene rings is 1. The number of ketones is 1. The van der Waals surface area contributed by atoms with Crippen molar-refractivity contribution < 1.29 is 9.59 Å². The van der Waals surface area contributed by atoms with Crippen LogP contribution in [0, 0.1) is 5.92 Å². The first-order chi connectivity index (χ1) is 13.4. The van der Waals surface area contributed by atoms with Crippen LogP contribution in [-0.4, -0.2) is 23.2 Å². The number of Topliss-reactive ketones (excluding diaryl/α,β-unsaturated/α-hetero) is 1. The molecule has 2 heterocycles. The molecule has 3 rings (SSSR count). The van der Waals surface area contributed by atoms with E-state index in [1.165, 1.54) is 0 Å². The van der Waals surface area contributed by atoms with Crippen molar-refractivity contribution in [2.75, 3.05) is 11.4 Å². The molecule has 4 nitrogen and oxygen atoms in total. The Kier molecular flexibility index (Phi) is 6.73. The van der Waals surface area contributed by atoms with Gasteiger partial charge >= 0.3 is 0 Å². The standard InChI is InChI=1S/C22H24Cl2N2O2/c1-3-5-6-19(27)9-15-10-20-21(26(4-2)22(15)28)11-16(13-25-20)14-7-17(23)12-18(24)8-14/h7-8,11-13,15H,3-6,9-10H2,1-2H3. The Bertz CT molecular complexity index is 878. The number of anilines is 1. The average Bonchev–Trinajstić information content (AvgIpc) is 2.66. The SMILES string of the molecule is CCCCC(=O)CC1Cc2ncc(-c3cc(Cl)cc(Cl)c3)cc2N(CC)C1=O. The van der Waals surface area contributed by atoms with E-state index in [1.807, 2.05) is 25.1 Å². The maximum atomic E-state index is 13.0. The predicted molar refractivity (Wildman–Crippen MR) is 114 cm³/mol. The van der Waals surface area contributed by atoms with Gasteiger partial charge < -0.3 is 4.90 Å². The van der Waals surface area contributed by atoms with Crippen molar-refractivity contribution in [1.29, 1.82) is 0 Å². The third kappa shape index (κ3) is 4.56. The number of unbranched alkanes of at least 4 members (excludes halogenated alkanes) is 1. The van der Waals surface area contributed by atoms with E-state index in [0.29, 0.717) is 35.9 Å². The molecule has 1 aromatic carbocycles. The van der Waals surface area contributed by atoms with E-state index in [2.05, 4.69) is 11.9 Å². The summed E-state index contributed by atoms with van der Waals surface area (Å²) in [6, 6.07) is 7.29. The number of nitrogens with zero attached hydrogens (tertiary/aromatic N) is 2. The molecule has 1 aliphatic rings. The minimum atomic E-state index is -0.323. The second-order valence-corrected chi connectivity index (χ2v) is 8.05. The molecule has 0 saturated heterocycles. The summed E-state index contributed by atoms with van der Waals surface area (Å²) < 4.78 is 0. The van der Waals surface area contributed by atoms with Gasteiger partial charge in [0.2, 0.25) is 5.91 Å². The van der Waals surface area contributed by atoms with Gasteiger partial charge in [-0.3, -0.25) is 14.6 Å². The molecular weight excluding hydrogens is 395 g/mol. The summed E-state index contributed by atoms with van der Waals surface area (Å²) in [7, 11) is 0. The summed E-state index contributed by atoms with van der Waals surface area (Å²) in [5.41, 5.74) is 3.37. The first-order valence-electron chi connectivity index (χ1n) is 9.71. The topological polar surface area (TPSA) is 50.3 Å². The molecule has 1 amide bonds. The molecule has 1 atom stereocenters. The van der Waals surface area contributed by atoms with E-state index in [9.17, 15) is 9.59 Å². The fraction of sp³-hybridized carbons (Fsp3) is 0.409. The molecule has 28 heavy (non-hydrogen) atoms. The second kappa shape index (κ2) is 9.06. The van der Waals surface area contributed by atoms with E-state index in [4.69, 9.17) is 23.2 Å². The first-order valence-corrected chi connectivity index (χ1v) is 10.5. The Morgan fingerprint density at radius 1 is 1.14 bits per heavy atom. The highest BCUT2D eigenvalue weighted by Crippen LogP contribution is 2.35. The highest BCUT2D eigenvalue weighted by molar-refractivity contribution is 6.35. The number of hydrogen-bond donors (Lipinski definition) is 0. The van der Waals surface area contributed by atoms with Gasteiger partial charge in [0.1, 0.15) is 5.78 Å². The summed E-state index contributed by atoms with van der Waals surface area (Å²) in [5.74, 6) is -0.163. The summed E-state index contributed by atoms with van der Waals surface area (Å²) in [4.78, 5) is 31.5. The van der Waals surface area contributed by atoms with Gasteiger partial charge in [0.25, 0.3) is 0 Å². The minimum Gasteiger partial charge on any atom is -0.311 e. The van der Waals surface area contributed by atoms with Crippen LogP contribution in [0.1, 0.15) is 45.2 Å². The average molecular weight is 419 g/mol. The lowest BCUT2D eigenvalue weighted by Crippen LogP contribution is -2.42. The Balaban J connectivity index is 1.90. The highest BCUT2D eigenvalue weighted by atomic mass is 35.5. The van der Waals surface area contributed by atoms with E-state index in [-0.39, 0.29) is 17.6 Å². The van der Waals surface area contributed by atoms with Crippen LogP contribution in [0.15, 0.2) is 30.5 Å². The predicted octanol–water partition coefficient (Wildman–Crippen LogP) is 5.73. The number of halogens is 2. The maximum Gasteiger partial charge on any atom is 0.230 e. The summed E-state index contributed by atoms with van der Waals surface area (Å²) >= 11 is 12.2. The van der Waals surface area contributed by atoms with Crippen molar-refractivity contribution in [3.8, 4) is 11.1 Å². The molecule has 1 unspecified atom stereocenters. The maximum absolute atomic E-state index is 13.0. The molecule has 148 valence electrons. The molecule has 0 aliphatic carbocycles. The van der Waals surface area contributed by atoms with Crippen LogP contribution in [0.25, 0.3) is 11.1 Å². The first kappa shape index (κ1) is 20.8. The largest absolute Gasteiger partial charge is 0.311 e. The third-order valence-electron chi connectivity index (χ3n) is 5.09. The van der Waals surface area contributed by atoms with Crippen molar-refractivity contribution in [2.45, 2.75) is 46.0 Å². The Morgan fingerprint density at radius 3 is 2.50 bits per heavy atom. The van der Waals surface area contributed by atoms with Gasteiger partial charge in [-0.05, 0) is 43.2 Å². The number of hydrogen-bond acceptors (Lipinski definition) is 3. The van der Waals surface area contributed by atoms with Crippen molar-refractivity contribution in [3.05, 3.63) is 46.2 Å². The fourth-order valence-corrected chi connectivity index (χ4v) is 4.17. The zero-order valence-corrected chi connectivity index (χ0v) is 17.7. The molecule has 0 bridgehead atoms. The van der Waals surface area contributed by atoms with E-state index < -0.39 is 0 Å². The zero-order chi connectivity index (χ0) is 20.3. The molecule has 0 saturated carbocycles. The fourth-order valence-electron chi connectivity index (χ4n) is 3.65. The molecule has 6 heteroatoms. The lowest BCUT2D eigenvalue weighted by atomic mass is 9.89. The van der Waals surface area contributed by atoms with Crippen molar-refractivity contribution in [3.63, 3.8) is 0 Å². The molecule has 0 N–H and O–H groups in total. The van der Waals surface area contributed by atoms with Crippen molar-refractivity contribution in [2.24, 2.45) is 5.92 Å². The number of rotatable bonds is 7. The van der Waals surface area contributed by atoms with Crippen molar-refractivity contribution >= 4 is 40.6 Å². The van der Waals surface area contributed by atoms with E-state index >= 15 is 0 Å². The molecular formula is C22H24Cl2N2O2. The van der Waals surface area contributed by atoms with Gasteiger partial charge in [0.15, 0.2) is 0 Å². The van der Waals surface area contributed by atoms with Crippen molar-refractivity contribution in [1.82, 2.24) is 4.98 Å². The molecule has 2 aromatic rings. The number of carbonyl (C=O) groups excluding carboxylic acids is 2. The second-order valence-electron chi connectivity index (χ2n) is 7.18. The summed E-state index contributed by atoms with van der Waals surface area (Å²) in [6.45, 7) is 4.53. The number of fused-ring (bicyclic) bond motifs is 1. The Labute approximate surface area is 175 Å². The summed E-state index contributed by atoms with van der Waals surface area (Å²) in [6.07, 6.45) is 4.96. The Morgan fingerprint density at radius 2 is 1.86 bits per heavy atom. The van der Waals surface area contributed by atoms with Gasteiger partial charge in [-0.2, -0.15) is 0 Å². The van der Waals surface area contributed by atoms with Crippen LogP contribution < -0.4 is 4.90 Å². The monoisotopic (exact) mass is 418 g/mol. The molecule has 0 radical (unpaired) electrons. The zero-order valence-electron chi connectivity index (χ0n) is 16.2. The van der Waals surface area contributed by atoms with Crippen LogP contribution in [0.5, 0.6) is 0 Å². The van der Waals surface area contributed by atoms with Crippen LogP contribution in [0.4, 0.5) is 5.69 Å². The number of amides is 1. The minimum absolute atomic E-state index is 0.00271. The number of pyridine rings is 1. The summed E-state index contributed by atoms with van der Waals surface area (Å²) in [5, 5.41) is 1.10. The Hall–Kier alpha value is -1.91. The van der Waals surface area contributed by atoms with Gasteiger partial charge in [-0.1, -0.05) is 36.5 Å². The van der Waals surface area contributed by atoms with Crippen LogP contribution >= 0.6 is 23.2 Å². The number of aromatic nitrogens is 1. The smallest absolute Gasteiger partial charge is 0.230 e. The molecule has 0 fully saturated rings. The quantitative estimate of drug-likeness (QED) is 0.576. The lowest BCUT2D eigenvalue weighted by molar-refractivity contribution is -0.128. The molecule has 0 spiro atoms. The van der Waals surface area contributed by atoms with Gasteiger partial charge in [-0.15, -0.1) is 0 Å². The van der Waals surface area contributed by atoms with Crippen LogP contribution in [0.2, 0.25) is 10.0 Å². The van der Waals surface area contributed by atoms with Crippen LogP contribution in [-0.2, 0) is 16.0 Å². The van der Waals surface area contributed by atoms with Crippen LogP contribution in [0.3, 0.4) is 0 Å². The third-order valence-corrected chi connectivity index (χ3v) is 5.52. The highest BCUT2D eigenvalue weighted by Gasteiger charge is 2.34. The molecule has 1 aliphatic heterocycles. The molecule has 1 aromatic heterocycles. The van der Waals surface area contributed by atoms with Gasteiger partial charge in [0.05, 0.1) is 17.3 Å². The van der Waals surface area contributed by atoms with Gasteiger partial charge in [-0.25, -0.2) is 0 Å². The van der Waals surface area contributed by atoms with E-state index in [0.717, 1.165) is 35.3 Å². The number of carbonyl (C=O) groups is 2.